The summed E-state index contributed by atoms with van der Waals surface area (Å²) in [5, 5.41) is 7.04. The Balaban J connectivity index is 1.67. The highest BCUT2D eigenvalue weighted by molar-refractivity contribution is 7.14. The third-order valence-corrected chi connectivity index (χ3v) is 5.54. The molecule has 1 N–H and O–H groups in total. The predicted octanol–water partition coefficient (Wildman–Crippen LogP) is 3.55. The molecule has 7 heteroatoms. The highest BCUT2D eigenvalue weighted by Gasteiger charge is 2.29. The van der Waals surface area contributed by atoms with Crippen LogP contribution in [0.5, 0.6) is 0 Å². The standard InChI is InChI=1S/C17H25N5OS/c1-4-9-21-11-18-17(20-21)19-16(23)15-8-7-14(24-15)13-6-5-10-22(13)12(2)3/h7-8,11-13H,4-6,9-10H2,1-3H3,(H,19,20,23). The fourth-order valence-electron chi connectivity index (χ4n) is 3.22. The van der Waals surface area contributed by atoms with Crippen molar-refractivity contribution in [1.82, 2.24) is 19.7 Å². The zero-order valence-corrected chi connectivity index (χ0v) is 15.3. The van der Waals surface area contributed by atoms with Gasteiger partial charge >= 0.3 is 0 Å². The van der Waals surface area contributed by atoms with E-state index in [1.54, 1.807) is 22.3 Å². The number of likely N-dealkylation sites (tertiary alicyclic amines) is 1. The number of aryl methyl sites for hydroxylation is 1. The number of carbonyl (C=O) groups excluding carboxylic acids is 1. The molecule has 1 aliphatic rings. The van der Waals surface area contributed by atoms with Gasteiger partial charge in [0.05, 0.1) is 4.88 Å². The lowest BCUT2D eigenvalue weighted by Gasteiger charge is -2.27. The Morgan fingerprint density at radius 2 is 2.29 bits per heavy atom. The van der Waals surface area contributed by atoms with Crippen LogP contribution < -0.4 is 5.32 Å². The van der Waals surface area contributed by atoms with E-state index in [4.69, 9.17) is 0 Å². The highest BCUT2D eigenvalue weighted by atomic mass is 32.1. The Morgan fingerprint density at radius 1 is 1.46 bits per heavy atom. The van der Waals surface area contributed by atoms with Crippen LogP contribution in [0.3, 0.4) is 0 Å². The van der Waals surface area contributed by atoms with Gasteiger partial charge in [0.1, 0.15) is 6.33 Å². The average Bonchev–Trinajstić information content (AvgIpc) is 3.27. The van der Waals surface area contributed by atoms with Gasteiger partial charge in [-0.1, -0.05) is 6.92 Å². The molecule has 1 aliphatic heterocycles. The third kappa shape index (κ3) is 3.67. The summed E-state index contributed by atoms with van der Waals surface area (Å²) in [4.78, 5) is 21.1. The van der Waals surface area contributed by atoms with Crippen molar-refractivity contribution in [2.24, 2.45) is 0 Å². The number of hydrogen-bond acceptors (Lipinski definition) is 5. The van der Waals surface area contributed by atoms with E-state index in [0.717, 1.165) is 19.5 Å². The number of thiophene rings is 1. The first-order valence-electron chi connectivity index (χ1n) is 8.64. The lowest BCUT2D eigenvalue weighted by molar-refractivity contribution is 0.102. The van der Waals surface area contributed by atoms with Gasteiger partial charge in [0.2, 0.25) is 5.95 Å². The van der Waals surface area contributed by atoms with Gasteiger partial charge in [-0.2, -0.15) is 0 Å². The summed E-state index contributed by atoms with van der Waals surface area (Å²) < 4.78 is 1.74. The van der Waals surface area contributed by atoms with Crippen LogP contribution in [0.1, 0.15) is 60.6 Å². The van der Waals surface area contributed by atoms with Crippen LogP contribution in [0.25, 0.3) is 0 Å². The SMILES string of the molecule is CCCn1cnc(NC(=O)c2ccc(C3CCCN3C(C)C)s2)n1. The Hall–Kier alpha value is -1.73. The van der Waals surface area contributed by atoms with Gasteiger partial charge in [-0.3, -0.25) is 19.7 Å². The second-order valence-electron chi connectivity index (χ2n) is 6.48. The van der Waals surface area contributed by atoms with Crippen LogP contribution >= 0.6 is 11.3 Å². The second kappa shape index (κ2) is 7.44. The number of carbonyl (C=O) groups is 1. The van der Waals surface area contributed by atoms with E-state index in [1.165, 1.54) is 17.7 Å². The van der Waals surface area contributed by atoms with Gasteiger partial charge in [0.25, 0.3) is 5.91 Å². The minimum Gasteiger partial charge on any atom is -0.293 e. The number of nitrogens with zero attached hydrogens (tertiary/aromatic N) is 4. The fourth-order valence-corrected chi connectivity index (χ4v) is 4.28. The van der Waals surface area contributed by atoms with E-state index < -0.39 is 0 Å². The van der Waals surface area contributed by atoms with Crippen molar-refractivity contribution in [3.8, 4) is 0 Å². The first kappa shape index (κ1) is 17.1. The largest absolute Gasteiger partial charge is 0.293 e. The van der Waals surface area contributed by atoms with E-state index in [-0.39, 0.29) is 5.91 Å². The molecule has 0 spiro atoms. The zero-order chi connectivity index (χ0) is 17.1. The summed E-state index contributed by atoms with van der Waals surface area (Å²) in [5.41, 5.74) is 0. The Bertz CT molecular complexity index is 693. The van der Waals surface area contributed by atoms with Crippen molar-refractivity contribution < 1.29 is 4.79 Å². The molecule has 130 valence electrons. The smallest absolute Gasteiger partial charge is 0.268 e. The maximum Gasteiger partial charge on any atom is 0.268 e. The molecular weight excluding hydrogens is 322 g/mol. The summed E-state index contributed by atoms with van der Waals surface area (Å²) >= 11 is 1.58. The van der Waals surface area contributed by atoms with Gasteiger partial charge in [0, 0.05) is 23.5 Å². The van der Waals surface area contributed by atoms with E-state index in [9.17, 15) is 4.79 Å². The molecule has 3 heterocycles. The Kier molecular flexibility index (Phi) is 5.30. The molecule has 1 unspecified atom stereocenters. The molecule has 1 amide bonds. The monoisotopic (exact) mass is 347 g/mol. The van der Waals surface area contributed by atoms with Gasteiger partial charge in [-0.15, -0.1) is 16.4 Å². The molecule has 0 aliphatic carbocycles. The van der Waals surface area contributed by atoms with Crippen molar-refractivity contribution in [3.63, 3.8) is 0 Å². The fraction of sp³-hybridized carbons (Fsp3) is 0.588. The molecule has 0 saturated carbocycles. The Labute approximate surface area is 146 Å². The summed E-state index contributed by atoms with van der Waals surface area (Å²) in [6.07, 6.45) is 5.03. The van der Waals surface area contributed by atoms with Crippen LogP contribution in [0.4, 0.5) is 5.95 Å². The van der Waals surface area contributed by atoms with E-state index >= 15 is 0 Å². The average molecular weight is 347 g/mol. The molecule has 24 heavy (non-hydrogen) atoms. The predicted molar refractivity (Wildman–Crippen MR) is 96.4 cm³/mol. The summed E-state index contributed by atoms with van der Waals surface area (Å²) in [7, 11) is 0. The van der Waals surface area contributed by atoms with Crippen LogP contribution in [-0.2, 0) is 6.54 Å². The lowest BCUT2D eigenvalue weighted by atomic mass is 10.1. The quantitative estimate of drug-likeness (QED) is 0.868. The maximum absolute atomic E-state index is 12.4. The van der Waals surface area contributed by atoms with Gasteiger partial charge in [-0.25, -0.2) is 4.98 Å². The molecule has 0 aromatic carbocycles. The van der Waals surface area contributed by atoms with Crippen molar-refractivity contribution >= 4 is 23.2 Å². The maximum atomic E-state index is 12.4. The minimum absolute atomic E-state index is 0.130. The molecular formula is C17H25N5OS. The van der Waals surface area contributed by atoms with Crippen molar-refractivity contribution in [2.75, 3.05) is 11.9 Å². The molecule has 2 aromatic heterocycles. The topological polar surface area (TPSA) is 63.1 Å². The molecule has 0 radical (unpaired) electrons. The van der Waals surface area contributed by atoms with Crippen LogP contribution in [0.2, 0.25) is 0 Å². The summed E-state index contributed by atoms with van der Waals surface area (Å²) in [5.74, 6) is 0.239. The van der Waals surface area contributed by atoms with Crippen molar-refractivity contribution in [1.29, 1.82) is 0 Å². The molecule has 1 atom stereocenters. The van der Waals surface area contributed by atoms with Crippen LogP contribution in [0, 0.1) is 0 Å². The molecule has 0 bridgehead atoms. The zero-order valence-electron chi connectivity index (χ0n) is 14.5. The molecule has 6 nitrogen and oxygen atoms in total. The van der Waals surface area contributed by atoms with E-state index in [1.807, 2.05) is 6.07 Å². The van der Waals surface area contributed by atoms with E-state index in [0.29, 0.717) is 22.9 Å². The number of aromatic nitrogens is 3. The van der Waals surface area contributed by atoms with E-state index in [2.05, 4.69) is 47.1 Å². The number of rotatable bonds is 6. The Morgan fingerprint density at radius 3 is 3.04 bits per heavy atom. The summed E-state index contributed by atoms with van der Waals surface area (Å²) in [6, 6.07) is 4.98. The first-order chi connectivity index (χ1) is 11.6. The van der Waals surface area contributed by atoms with Gasteiger partial charge < -0.3 is 0 Å². The van der Waals surface area contributed by atoms with Crippen LogP contribution in [-0.4, -0.2) is 38.2 Å². The number of anilines is 1. The number of amides is 1. The lowest BCUT2D eigenvalue weighted by Crippen LogP contribution is -2.29. The second-order valence-corrected chi connectivity index (χ2v) is 7.59. The minimum atomic E-state index is -0.130. The van der Waals surface area contributed by atoms with Gasteiger partial charge in [0.15, 0.2) is 0 Å². The molecule has 3 rings (SSSR count). The normalized spacial score (nSPS) is 18.4. The van der Waals surface area contributed by atoms with Crippen molar-refractivity contribution in [2.45, 2.75) is 58.7 Å². The molecule has 2 aromatic rings. The third-order valence-electron chi connectivity index (χ3n) is 4.35. The molecule has 1 saturated heterocycles. The number of hydrogen-bond donors (Lipinski definition) is 1. The summed E-state index contributed by atoms with van der Waals surface area (Å²) in [6.45, 7) is 8.49. The van der Waals surface area contributed by atoms with Crippen LogP contribution in [0.15, 0.2) is 18.5 Å². The highest BCUT2D eigenvalue weighted by Crippen LogP contribution is 2.37. The molecule has 1 fully saturated rings. The van der Waals surface area contributed by atoms with Gasteiger partial charge in [-0.05, 0) is 51.8 Å². The number of nitrogens with one attached hydrogen (secondary N) is 1. The van der Waals surface area contributed by atoms with Crippen molar-refractivity contribution in [3.05, 3.63) is 28.2 Å². The first-order valence-corrected chi connectivity index (χ1v) is 9.46.